The maximum atomic E-state index is 11.2. The first-order chi connectivity index (χ1) is 7.52. The van der Waals surface area contributed by atoms with Crippen molar-refractivity contribution in [3.8, 4) is 0 Å². The summed E-state index contributed by atoms with van der Waals surface area (Å²) < 4.78 is 9.63. The zero-order chi connectivity index (χ0) is 12.1. The van der Waals surface area contributed by atoms with Gasteiger partial charge >= 0.3 is 5.97 Å². The van der Waals surface area contributed by atoms with Crippen LogP contribution in [0, 0.1) is 6.92 Å². The summed E-state index contributed by atoms with van der Waals surface area (Å²) in [5, 5.41) is 3.90. The molecule has 16 heavy (non-hydrogen) atoms. The average Bonchev–Trinajstić information content (AvgIpc) is 2.62. The Morgan fingerprint density at radius 2 is 2.31 bits per heavy atom. The average molecular weight is 226 g/mol. The number of carbonyl (C=O) groups excluding carboxylic acids is 1. The summed E-state index contributed by atoms with van der Waals surface area (Å²) in [6, 6.07) is 2.11. The van der Waals surface area contributed by atoms with Crippen LogP contribution in [0.5, 0.6) is 0 Å². The summed E-state index contributed by atoms with van der Waals surface area (Å²) in [4.78, 5) is 13.2. The number of nitrogens with zero attached hydrogens (tertiary/aromatic N) is 2. The van der Waals surface area contributed by atoms with Crippen LogP contribution in [0.15, 0.2) is 10.6 Å². The second-order valence-electron chi connectivity index (χ2n) is 4.00. The van der Waals surface area contributed by atoms with Crippen molar-refractivity contribution in [3.63, 3.8) is 0 Å². The molecule has 0 radical (unpaired) electrons. The normalized spacial score (nSPS) is 11.1. The van der Waals surface area contributed by atoms with Gasteiger partial charge in [-0.1, -0.05) is 5.16 Å². The third-order valence-electron chi connectivity index (χ3n) is 2.33. The monoisotopic (exact) mass is 226 g/mol. The molecule has 1 aromatic rings. The first-order valence-electron chi connectivity index (χ1n) is 5.26. The number of methoxy groups -OCH3 is 1. The van der Waals surface area contributed by atoms with E-state index < -0.39 is 0 Å². The van der Waals surface area contributed by atoms with Crippen molar-refractivity contribution in [2.45, 2.75) is 33.4 Å². The highest BCUT2D eigenvalue weighted by molar-refractivity contribution is 5.71. The van der Waals surface area contributed by atoms with Gasteiger partial charge in [-0.3, -0.25) is 9.69 Å². The zero-order valence-corrected chi connectivity index (χ0v) is 10.2. The topological polar surface area (TPSA) is 55.6 Å². The summed E-state index contributed by atoms with van der Waals surface area (Å²) in [5.41, 5.74) is 0.829. The van der Waals surface area contributed by atoms with Crippen LogP contribution in [-0.4, -0.2) is 35.7 Å². The van der Waals surface area contributed by atoms with Crippen LogP contribution >= 0.6 is 0 Å². The van der Waals surface area contributed by atoms with E-state index >= 15 is 0 Å². The van der Waals surface area contributed by atoms with Crippen molar-refractivity contribution in [1.82, 2.24) is 10.1 Å². The molecule has 90 valence electrons. The molecule has 0 saturated heterocycles. The predicted octanol–water partition coefficient (Wildman–Crippen LogP) is 1.37. The molecule has 1 aromatic heterocycles. The van der Waals surface area contributed by atoms with Crippen LogP contribution in [-0.2, 0) is 16.1 Å². The van der Waals surface area contributed by atoms with Crippen LogP contribution in [0.25, 0.3) is 0 Å². The van der Waals surface area contributed by atoms with Gasteiger partial charge in [-0.15, -0.1) is 0 Å². The summed E-state index contributed by atoms with van der Waals surface area (Å²) in [6.07, 6.45) is 0. The fraction of sp³-hybridized carbons (Fsp3) is 0.636. The number of rotatable bonds is 5. The maximum absolute atomic E-state index is 11.2. The van der Waals surface area contributed by atoms with E-state index in [4.69, 9.17) is 4.52 Å². The van der Waals surface area contributed by atoms with E-state index in [0.29, 0.717) is 6.54 Å². The zero-order valence-electron chi connectivity index (χ0n) is 10.2. The lowest BCUT2D eigenvalue weighted by Crippen LogP contribution is -2.35. The first kappa shape index (κ1) is 12.7. The van der Waals surface area contributed by atoms with Crippen LogP contribution < -0.4 is 0 Å². The minimum absolute atomic E-state index is 0.242. The van der Waals surface area contributed by atoms with E-state index in [0.717, 1.165) is 11.5 Å². The lowest BCUT2D eigenvalue weighted by atomic mass is 10.2. The van der Waals surface area contributed by atoms with Crippen molar-refractivity contribution in [2.24, 2.45) is 0 Å². The van der Waals surface area contributed by atoms with Gasteiger partial charge in [-0.2, -0.15) is 0 Å². The molecule has 0 fully saturated rings. The summed E-state index contributed by atoms with van der Waals surface area (Å²) in [5.74, 6) is 0.533. The number of hydrogen-bond acceptors (Lipinski definition) is 5. The Hall–Kier alpha value is -1.36. The highest BCUT2D eigenvalue weighted by Crippen LogP contribution is 2.08. The lowest BCUT2D eigenvalue weighted by Gasteiger charge is -2.23. The Kier molecular flexibility index (Phi) is 4.49. The SMILES string of the molecule is COC(=O)CN(Cc1cc(C)on1)C(C)C. The summed E-state index contributed by atoms with van der Waals surface area (Å²) in [7, 11) is 1.39. The van der Waals surface area contributed by atoms with E-state index in [1.165, 1.54) is 7.11 Å². The van der Waals surface area contributed by atoms with Crippen molar-refractivity contribution < 1.29 is 14.1 Å². The third kappa shape index (κ3) is 3.66. The molecule has 1 rings (SSSR count). The van der Waals surface area contributed by atoms with Crippen LogP contribution in [0.3, 0.4) is 0 Å². The van der Waals surface area contributed by atoms with Gasteiger partial charge in [0.1, 0.15) is 5.76 Å². The number of esters is 1. The van der Waals surface area contributed by atoms with E-state index in [1.54, 1.807) is 0 Å². The fourth-order valence-electron chi connectivity index (χ4n) is 1.35. The largest absolute Gasteiger partial charge is 0.468 e. The molecule has 0 aliphatic heterocycles. The Labute approximate surface area is 95.4 Å². The molecule has 1 heterocycles. The van der Waals surface area contributed by atoms with Crippen molar-refractivity contribution in [3.05, 3.63) is 17.5 Å². The van der Waals surface area contributed by atoms with Gasteiger partial charge in [-0.25, -0.2) is 0 Å². The molecule has 0 amide bonds. The van der Waals surface area contributed by atoms with E-state index in [-0.39, 0.29) is 18.6 Å². The number of hydrogen-bond donors (Lipinski definition) is 0. The molecule has 0 atom stereocenters. The standard InChI is InChI=1S/C11H18N2O3/c1-8(2)13(7-11(14)15-4)6-10-5-9(3)16-12-10/h5,8H,6-7H2,1-4H3. The van der Waals surface area contributed by atoms with Crippen molar-refractivity contribution in [1.29, 1.82) is 0 Å². The van der Waals surface area contributed by atoms with Gasteiger partial charge in [0, 0.05) is 18.7 Å². The van der Waals surface area contributed by atoms with Crippen LogP contribution in [0.1, 0.15) is 25.3 Å². The lowest BCUT2D eigenvalue weighted by molar-refractivity contribution is -0.142. The second-order valence-corrected chi connectivity index (χ2v) is 4.00. The highest BCUT2D eigenvalue weighted by Gasteiger charge is 2.16. The van der Waals surface area contributed by atoms with Crippen molar-refractivity contribution >= 4 is 5.97 Å². The van der Waals surface area contributed by atoms with E-state index in [2.05, 4.69) is 9.89 Å². The highest BCUT2D eigenvalue weighted by atomic mass is 16.5. The van der Waals surface area contributed by atoms with Gasteiger partial charge in [0.05, 0.1) is 19.3 Å². The molecular weight excluding hydrogens is 208 g/mol. The predicted molar refractivity (Wildman–Crippen MR) is 58.8 cm³/mol. The molecule has 5 heteroatoms. The minimum atomic E-state index is -0.242. The number of aromatic nitrogens is 1. The van der Waals surface area contributed by atoms with Gasteiger partial charge in [0.25, 0.3) is 0 Å². The first-order valence-corrected chi connectivity index (χ1v) is 5.26. The number of carbonyl (C=O) groups is 1. The van der Waals surface area contributed by atoms with Gasteiger partial charge in [0.2, 0.25) is 0 Å². The Balaban J connectivity index is 2.61. The molecule has 0 spiro atoms. The van der Waals surface area contributed by atoms with Gasteiger partial charge < -0.3 is 9.26 Å². The van der Waals surface area contributed by atoms with E-state index in [9.17, 15) is 4.79 Å². The smallest absolute Gasteiger partial charge is 0.319 e. The van der Waals surface area contributed by atoms with Gasteiger partial charge in [-0.05, 0) is 20.8 Å². The molecule has 0 aliphatic carbocycles. The van der Waals surface area contributed by atoms with Crippen LogP contribution in [0.4, 0.5) is 0 Å². The van der Waals surface area contributed by atoms with E-state index in [1.807, 2.05) is 31.7 Å². The molecule has 0 aromatic carbocycles. The molecule has 0 saturated carbocycles. The molecule has 0 N–H and O–H groups in total. The molecule has 0 unspecified atom stereocenters. The molecular formula is C11H18N2O3. The third-order valence-corrected chi connectivity index (χ3v) is 2.33. The maximum Gasteiger partial charge on any atom is 0.319 e. The van der Waals surface area contributed by atoms with Crippen molar-refractivity contribution in [2.75, 3.05) is 13.7 Å². The quantitative estimate of drug-likeness (QED) is 0.710. The van der Waals surface area contributed by atoms with Gasteiger partial charge in [0.15, 0.2) is 0 Å². The Bertz CT molecular complexity index is 347. The molecule has 0 bridgehead atoms. The number of aryl methyl sites for hydroxylation is 1. The Morgan fingerprint density at radius 3 is 2.75 bits per heavy atom. The van der Waals surface area contributed by atoms with Crippen LogP contribution in [0.2, 0.25) is 0 Å². The Morgan fingerprint density at radius 1 is 1.62 bits per heavy atom. The summed E-state index contributed by atoms with van der Waals surface area (Å²) >= 11 is 0. The minimum Gasteiger partial charge on any atom is -0.468 e. The fourth-order valence-corrected chi connectivity index (χ4v) is 1.35. The molecule has 0 aliphatic rings. The molecule has 5 nitrogen and oxygen atoms in total. The second kappa shape index (κ2) is 5.65. The number of ether oxygens (including phenoxy) is 1. The summed E-state index contributed by atoms with van der Waals surface area (Å²) in [6.45, 7) is 6.74.